The molecule has 0 radical (unpaired) electrons. The number of amides is 1. The lowest BCUT2D eigenvalue weighted by Gasteiger charge is -2.26. The second-order valence-electron chi connectivity index (χ2n) is 9.05. The fourth-order valence-corrected chi connectivity index (χ4v) is 4.19. The van der Waals surface area contributed by atoms with Crippen molar-refractivity contribution >= 4 is 16.9 Å². The molecule has 1 aliphatic rings. The van der Waals surface area contributed by atoms with Gasteiger partial charge in [0.1, 0.15) is 11.3 Å². The lowest BCUT2D eigenvalue weighted by molar-refractivity contribution is 0.0716. The molecule has 0 saturated heterocycles. The quantitative estimate of drug-likeness (QED) is 0.579. The van der Waals surface area contributed by atoms with Crippen molar-refractivity contribution in [1.82, 2.24) is 9.80 Å². The summed E-state index contributed by atoms with van der Waals surface area (Å²) in [7, 11) is 3.92. The molecule has 6 heteroatoms. The first-order valence-electron chi connectivity index (χ1n) is 11.0. The molecule has 6 nitrogen and oxygen atoms in total. The lowest BCUT2D eigenvalue weighted by atomic mass is 9.97. The van der Waals surface area contributed by atoms with E-state index in [1.54, 1.807) is 4.90 Å². The summed E-state index contributed by atoms with van der Waals surface area (Å²) in [6.07, 6.45) is 0.0211. The average molecular weight is 435 g/mol. The van der Waals surface area contributed by atoms with Crippen LogP contribution in [0.4, 0.5) is 0 Å². The van der Waals surface area contributed by atoms with E-state index in [-0.39, 0.29) is 23.2 Å². The van der Waals surface area contributed by atoms with E-state index in [2.05, 4.69) is 0 Å². The number of benzene rings is 2. The van der Waals surface area contributed by atoms with Crippen LogP contribution in [0, 0.1) is 13.8 Å². The third kappa shape index (κ3) is 3.91. The van der Waals surface area contributed by atoms with Crippen molar-refractivity contribution in [3.8, 4) is 5.75 Å². The van der Waals surface area contributed by atoms with E-state index in [1.165, 1.54) is 0 Å². The molecule has 4 rings (SSSR count). The second-order valence-corrected chi connectivity index (χ2v) is 9.05. The highest BCUT2D eigenvalue weighted by molar-refractivity contribution is 5.99. The van der Waals surface area contributed by atoms with Gasteiger partial charge in [0.2, 0.25) is 5.76 Å². The minimum absolute atomic E-state index is 0.0211. The van der Waals surface area contributed by atoms with Crippen LogP contribution in [0.15, 0.2) is 45.6 Å². The maximum atomic E-state index is 13.7. The van der Waals surface area contributed by atoms with Gasteiger partial charge >= 0.3 is 0 Å². The van der Waals surface area contributed by atoms with Crippen molar-refractivity contribution in [2.75, 3.05) is 27.2 Å². The van der Waals surface area contributed by atoms with Gasteiger partial charge in [-0.15, -0.1) is 0 Å². The van der Waals surface area contributed by atoms with E-state index in [9.17, 15) is 9.59 Å². The first-order chi connectivity index (χ1) is 15.2. The van der Waals surface area contributed by atoms with E-state index < -0.39 is 6.04 Å². The lowest BCUT2D eigenvalue weighted by Crippen LogP contribution is -2.35. The molecule has 168 valence electrons. The SMILES string of the molecule is Cc1cc2oc3c(c(=O)c2cc1C)[C@@H](c1cccc(OC(C)C)c1)N(CCN(C)C)C3=O. The molecule has 0 fully saturated rings. The van der Waals surface area contributed by atoms with E-state index in [0.717, 1.165) is 16.7 Å². The number of aryl methyl sites for hydroxylation is 2. The minimum Gasteiger partial charge on any atom is -0.491 e. The van der Waals surface area contributed by atoms with Gasteiger partial charge in [0.25, 0.3) is 5.91 Å². The van der Waals surface area contributed by atoms with Crippen LogP contribution in [0.3, 0.4) is 0 Å². The zero-order valence-electron chi connectivity index (χ0n) is 19.6. The molecule has 0 bridgehead atoms. The Balaban J connectivity index is 1.92. The summed E-state index contributed by atoms with van der Waals surface area (Å²) in [5, 5.41) is 0.508. The fraction of sp³-hybridized carbons (Fsp3) is 0.385. The van der Waals surface area contributed by atoms with Gasteiger partial charge in [-0.2, -0.15) is 0 Å². The maximum absolute atomic E-state index is 13.7. The highest BCUT2D eigenvalue weighted by atomic mass is 16.5. The molecule has 3 aromatic rings. The zero-order chi connectivity index (χ0) is 23.2. The van der Waals surface area contributed by atoms with Crippen molar-refractivity contribution in [2.45, 2.75) is 39.8 Å². The van der Waals surface area contributed by atoms with E-state index >= 15 is 0 Å². The van der Waals surface area contributed by atoms with Gasteiger partial charge in [-0.25, -0.2) is 0 Å². The van der Waals surface area contributed by atoms with Crippen LogP contribution in [-0.2, 0) is 0 Å². The third-order valence-corrected chi connectivity index (χ3v) is 5.92. The van der Waals surface area contributed by atoms with Crippen LogP contribution < -0.4 is 10.2 Å². The monoisotopic (exact) mass is 434 g/mol. The number of nitrogens with zero attached hydrogens (tertiary/aromatic N) is 2. The topological polar surface area (TPSA) is 63.0 Å². The van der Waals surface area contributed by atoms with Crippen LogP contribution >= 0.6 is 0 Å². The Morgan fingerprint density at radius 3 is 2.50 bits per heavy atom. The highest BCUT2D eigenvalue weighted by Gasteiger charge is 2.42. The molecule has 0 spiro atoms. The molecule has 1 amide bonds. The second kappa shape index (κ2) is 8.43. The van der Waals surface area contributed by atoms with Crippen molar-refractivity contribution in [2.24, 2.45) is 0 Å². The first kappa shape index (κ1) is 22.1. The first-order valence-corrected chi connectivity index (χ1v) is 11.0. The third-order valence-electron chi connectivity index (χ3n) is 5.92. The summed E-state index contributed by atoms with van der Waals surface area (Å²) in [4.78, 5) is 30.9. The number of hydrogen-bond acceptors (Lipinski definition) is 5. The largest absolute Gasteiger partial charge is 0.491 e. The van der Waals surface area contributed by atoms with Crippen molar-refractivity contribution < 1.29 is 13.9 Å². The molecular weight excluding hydrogens is 404 g/mol. The van der Waals surface area contributed by atoms with Gasteiger partial charge in [0.15, 0.2) is 5.43 Å². The molecule has 0 unspecified atom stereocenters. The van der Waals surface area contributed by atoms with Gasteiger partial charge < -0.3 is 19.0 Å². The summed E-state index contributed by atoms with van der Waals surface area (Å²) in [6.45, 7) is 9.02. The fourth-order valence-electron chi connectivity index (χ4n) is 4.19. The van der Waals surface area contributed by atoms with E-state index in [0.29, 0.717) is 35.4 Å². The Morgan fingerprint density at radius 1 is 1.09 bits per heavy atom. The van der Waals surface area contributed by atoms with Crippen LogP contribution in [0.2, 0.25) is 0 Å². The van der Waals surface area contributed by atoms with Crippen LogP contribution in [0.5, 0.6) is 5.75 Å². The predicted octanol–water partition coefficient (Wildman–Crippen LogP) is 4.30. The summed E-state index contributed by atoms with van der Waals surface area (Å²) < 4.78 is 12.0. The molecule has 1 aromatic heterocycles. The minimum atomic E-state index is -0.518. The molecule has 1 atom stereocenters. The highest BCUT2D eigenvalue weighted by Crippen LogP contribution is 2.39. The number of likely N-dealkylation sites (N-methyl/N-ethyl adjacent to an activating group) is 1. The molecule has 0 aliphatic carbocycles. The molecule has 2 heterocycles. The van der Waals surface area contributed by atoms with Crippen molar-refractivity contribution in [3.05, 3.63) is 74.6 Å². The number of carbonyl (C=O) groups excluding carboxylic acids is 1. The predicted molar refractivity (Wildman–Crippen MR) is 126 cm³/mol. The Morgan fingerprint density at radius 2 is 1.81 bits per heavy atom. The molecule has 2 aromatic carbocycles. The van der Waals surface area contributed by atoms with E-state index in [4.69, 9.17) is 9.15 Å². The Hall–Kier alpha value is -3.12. The van der Waals surface area contributed by atoms with Crippen LogP contribution in [0.1, 0.15) is 52.7 Å². The summed E-state index contributed by atoms with van der Waals surface area (Å²) in [5.74, 6) is 0.603. The molecular formula is C26H30N2O4. The molecule has 0 N–H and O–H groups in total. The number of ether oxygens (including phenoxy) is 1. The smallest absolute Gasteiger partial charge is 0.290 e. The molecule has 0 saturated carbocycles. The Kier molecular flexibility index (Phi) is 5.82. The summed E-state index contributed by atoms with van der Waals surface area (Å²) in [5.41, 5.74) is 3.59. The van der Waals surface area contributed by atoms with Gasteiger partial charge in [-0.1, -0.05) is 12.1 Å². The Bertz CT molecular complexity index is 1240. The standard InChI is InChI=1S/C26H30N2O4/c1-15(2)31-19-9-7-8-18(14-19)23-22-24(29)20-12-16(3)17(4)13-21(20)32-25(22)26(30)28(23)11-10-27(5)6/h7-9,12-15,23H,10-11H2,1-6H3/t23-/m1/s1. The van der Waals surface area contributed by atoms with Gasteiger partial charge in [-0.3, -0.25) is 9.59 Å². The number of rotatable bonds is 6. The van der Waals surface area contributed by atoms with Gasteiger partial charge in [0.05, 0.1) is 23.1 Å². The molecule has 32 heavy (non-hydrogen) atoms. The average Bonchev–Trinajstić information content (AvgIpc) is 3.00. The molecule has 1 aliphatic heterocycles. The van der Waals surface area contributed by atoms with Crippen molar-refractivity contribution in [1.29, 1.82) is 0 Å². The maximum Gasteiger partial charge on any atom is 0.290 e. The summed E-state index contributed by atoms with van der Waals surface area (Å²) in [6, 6.07) is 10.8. The van der Waals surface area contributed by atoms with E-state index in [1.807, 2.05) is 83.1 Å². The Labute approximate surface area is 188 Å². The van der Waals surface area contributed by atoms with Gasteiger partial charge in [-0.05, 0) is 82.7 Å². The number of fused-ring (bicyclic) bond motifs is 2. The number of carbonyl (C=O) groups is 1. The van der Waals surface area contributed by atoms with Crippen molar-refractivity contribution in [3.63, 3.8) is 0 Å². The van der Waals surface area contributed by atoms with Crippen LogP contribution in [0.25, 0.3) is 11.0 Å². The summed E-state index contributed by atoms with van der Waals surface area (Å²) >= 11 is 0. The zero-order valence-corrected chi connectivity index (χ0v) is 19.6. The number of hydrogen-bond donors (Lipinski definition) is 0. The van der Waals surface area contributed by atoms with Crippen LogP contribution in [-0.4, -0.2) is 49.0 Å². The normalized spacial score (nSPS) is 15.8. The van der Waals surface area contributed by atoms with Gasteiger partial charge in [0, 0.05) is 13.1 Å².